The van der Waals surface area contributed by atoms with Gasteiger partial charge in [-0.05, 0) is 31.0 Å². The Bertz CT molecular complexity index is 627. The zero-order chi connectivity index (χ0) is 13.9. The van der Waals surface area contributed by atoms with Crippen LogP contribution in [0.1, 0.15) is 17.5 Å². The predicted octanol–water partition coefficient (Wildman–Crippen LogP) is 1.56. The van der Waals surface area contributed by atoms with Crippen LogP contribution in [-0.2, 0) is 14.6 Å². The average Bonchev–Trinajstić information content (AvgIpc) is 2.20. The molecule has 5 nitrogen and oxygen atoms in total. The molecule has 0 radical (unpaired) electrons. The number of rotatable bonds is 3. The zero-order valence-electron chi connectivity index (χ0n) is 10.4. The third kappa shape index (κ3) is 3.31. The first-order chi connectivity index (χ1) is 8.25. The van der Waals surface area contributed by atoms with Crippen LogP contribution in [0.4, 0.5) is 5.69 Å². The molecular weight excluding hydrogens is 252 g/mol. The van der Waals surface area contributed by atoms with Crippen molar-refractivity contribution in [2.75, 3.05) is 11.6 Å². The molecule has 1 aromatic carbocycles. The van der Waals surface area contributed by atoms with Crippen molar-refractivity contribution >= 4 is 21.4 Å². The minimum atomic E-state index is -3.34. The first kappa shape index (κ1) is 14.2. The van der Waals surface area contributed by atoms with E-state index < -0.39 is 15.7 Å². The monoisotopic (exact) mass is 266 g/mol. The van der Waals surface area contributed by atoms with Crippen molar-refractivity contribution in [2.24, 2.45) is 0 Å². The fourth-order valence-corrected chi connectivity index (χ4v) is 2.61. The molecule has 0 fully saturated rings. The molecule has 0 saturated carbocycles. The maximum absolute atomic E-state index is 11.6. The van der Waals surface area contributed by atoms with Gasteiger partial charge in [-0.15, -0.1) is 0 Å². The third-order valence-electron chi connectivity index (χ3n) is 2.44. The standard InChI is InChI=1S/C12H14N2O3S/c1-8-6-9(2)11(18(3,16)17)7-10(8)14-12(15)4-5-13/h6-7H,4H2,1-3H3,(H,14,15). The van der Waals surface area contributed by atoms with Gasteiger partial charge in [0, 0.05) is 11.9 Å². The van der Waals surface area contributed by atoms with Gasteiger partial charge in [0.25, 0.3) is 0 Å². The van der Waals surface area contributed by atoms with Crippen molar-refractivity contribution in [3.05, 3.63) is 23.3 Å². The Morgan fingerprint density at radius 2 is 1.94 bits per heavy atom. The van der Waals surface area contributed by atoms with E-state index in [-0.39, 0.29) is 11.3 Å². The van der Waals surface area contributed by atoms with E-state index in [4.69, 9.17) is 5.26 Å². The number of aryl methyl sites for hydroxylation is 2. The largest absolute Gasteiger partial charge is 0.325 e. The highest BCUT2D eigenvalue weighted by Gasteiger charge is 2.14. The lowest BCUT2D eigenvalue weighted by Gasteiger charge is -2.11. The number of anilines is 1. The van der Waals surface area contributed by atoms with E-state index in [1.165, 1.54) is 6.07 Å². The number of nitriles is 1. The molecule has 1 rings (SSSR count). The number of carbonyl (C=O) groups is 1. The van der Waals surface area contributed by atoms with Crippen molar-refractivity contribution < 1.29 is 13.2 Å². The Labute approximate surface area is 106 Å². The van der Waals surface area contributed by atoms with Gasteiger partial charge in [0.15, 0.2) is 9.84 Å². The Balaban J connectivity index is 3.23. The summed E-state index contributed by atoms with van der Waals surface area (Å²) in [4.78, 5) is 11.5. The summed E-state index contributed by atoms with van der Waals surface area (Å²) in [6, 6.07) is 4.85. The van der Waals surface area contributed by atoms with Crippen LogP contribution < -0.4 is 5.32 Å². The summed E-state index contributed by atoms with van der Waals surface area (Å²) in [5, 5.41) is 10.9. The molecule has 0 unspecified atom stereocenters. The van der Waals surface area contributed by atoms with E-state index in [2.05, 4.69) is 5.32 Å². The van der Waals surface area contributed by atoms with Gasteiger partial charge in [-0.3, -0.25) is 4.79 Å². The molecule has 0 bridgehead atoms. The SMILES string of the molecule is Cc1cc(C)c(S(C)(=O)=O)cc1NC(=O)CC#N. The van der Waals surface area contributed by atoms with Crippen molar-refractivity contribution in [3.8, 4) is 6.07 Å². The van der Waals surface area contributed by atoms with E-state index in [9.17, 15) is 13.2 Å². The van der Waals surface area contributed by atoms with Gasteiger partial charge in [0.05, 0.1) is 11.0 Å². The maximum Gasteiger partial charge on any atom is 0.238 e. The predicted molar refractivity (Wildman–Crippen MR) is 67.9 cm³/mol. The Morgan fingerprint density at radius 1 is 1.33 bits per heavy atom. The number of sulfone groups is 1. The number of nitrogens with zero attached hydrogens (tertiary/aromatic N) is 1. The van der Waals surface area contributed by atoms with Gasteiger partial charge in [-0.1, -0.05) is 6.07 Å². The van der Waals surface area contributed by atoms with Crippen molar-refractivity contribution in [1.82, 2.24) is 0 Å². The van der Waals surface area contributed by atoms with Gasteiger partial charge in [-0.2, -0.15) is 5.26 Å². The lowest BCUT2D eigenvalue weighted by Crippen LogP contribution is -2.12. The summed E-state index contributed by atoms with van der Waals surface area (Å²) in [6.07, 6.45) is 0.854. The second-order valence-electron chi connectivity index (χ2n) is 4.09. The van der Waals surface area contributed by atoms with Gasteiger partial charge in [-0.25, -0.2) is 8.42 Å². The van der Waals surface area contributed by atoms with Crippen molar-refractivity contribution in [2.45, 2.75) is 25.2 Å². The molecule has 96 valence electrons. The van der Waals surface area contributed by atoms with Gasteiger partial charge in [0.2, 0.25) is 5.91 Å². The maximum atomic E-state index is 11.6. The molecule has 0 heterocycles. The molecule has 0 aromatic heterocycles. The number of hydrogen-bond donors (Lipinski definition) is 1. The van der Waals surface area contributed by atoms with Crippen molar-refractivity contribution in [3.63, 3.8) is 0 Å². The highest BCUT2D eigenvalue weighted by atomic mass is 32.2. The van der Waals surface area contributed by atoms with Crippen LogP contribution >= 0.6 is 0 Å². The third-order valence-corrected chi connectivity index (χ3v) is 3.67. The second kappa shape index (κ2) is 5.19. The topological polar surface area (TPSA) is 87.0 Å². The fourth-order valence-electron chi connectivity index (χ4n) is 1.63. The van der Waals surface area contributed by atoms with Crippen LogP contribution in [0, 0.1) is 25.2 Å². The summed E-state index contributed by atoms with van der Waals surface area (Å²) in [5.41, 5.74) is 1.81. The summed E-state index contributed by atoms with van der Waals surface area (Å²) in [6.45, 7) is 3.46. The van der Waals surface area contributed by atoms with Gasteiger partial charge >= 0.3 is 0 Å². The fraction of sp³-hybridized carbons (Fsp3) is 0.333. The summed E-state index contributed by atoms with van der Waals surface area (Å²) in [5.74, 6) is -0.455. The molecule has 1 N–H and O–H groups in total. The summed E-state index contributed by atoms with van der Waals surface area (Å²) in [7, 11) is -3.34. The average molecular weight is 266 g/mol. The van der Waals surface area contributed by atoms with E-state index in [1.54, 1.807) is 26.0 Å². The van der Waals surface area contributed by atoms with Gasteiger partial charge in [0.1, 0.15) is 6.42 Å². The van der Waals surface area contributed by atoms with Crippen LogP contribution in [0.25, 0.3) is 0 Å². The van der Waals surface area contributed by atoms with E-state index in [0.717, 1.165) is 11.8 Å². The lowest BCUT2D eigenvalue weighted by atomic mass is 10.1. The molecule has 6 heteroatoms. The summed E-state index contributed by atoms with van der Waals surface area (Å²) < 4.78 is 23.1. The molecule has 1 aromatic rings. The van der Waals surface area contributed by atoms with E-state index in [1.807, 2.05) is 0 Å². The molecule has 0 aliphatic carbocycles. The van der Waals surface area contributed by atoms with Crippen LogP contribution in [0.3, 0.4) is 0 Å². The van der Waals surface area contributed by atoms with E-state index in [0.29, 0.717) is 11.3 Å². The molecule has 0 atom stereocenters. The quantitative estimate of drug-likeness (QED) is 0.899. The van der Waals surface area contributed by atoms with Crippen LogP contribution in [0.15, 0.2) is 17.0 Å². The number of amides is 1. The molecule has 1 amide bonds. The van der Waals surface area contributed by atoms with Crippen molar-refractivity contribution in [1.29, 1.82) is 5.26 Å². The zero-order valence-corrected chi connectivity index (χ0v) is 11.3. The van der Waals surface area contributed by atoms with Crippen LogP contribution in [0.2, 0.25) is 0 Å². The number of benzene rings is 1. The molecule has 0 spiro atoms. The Morgan fingerprint density at radius 3 is 2.44 bits per heavy atom. The number of carbonyl (C=O) groups excluding carboxylic acids is 1. The highest BCUT2D eigenvalue weighted by molar-refractivity contribution is 7.90. The second-order valence-corrected chi connectivity index (χ2v) is 6.07. The van der Waals surface area contributed by atoms with E-state index >= 15 is 0 Å². The summed E-state index contributed by atoms with van der Waals surface area (Å²) >= 11 is 0. The van der Waals surface area contributed by atoms with Gasteiger partial charge < -0.3 is 5.32 Å². The Hall–Kier alpha value is -1.87. The van der Waals surface area contributed by atoms with Crippen LogP contribution in [0.5, 0.6) is 0 Å². The smallest absolute Gasteiger partial charge is 0.238 e. The molecule has 0 aliphatic rings. The lowest BCUT2D eigenvalue weighted by molar-refractivity contribution is -0.115. The number of hydrogen-bond acceptors (Lipinski definition) is 4. The normalized spacial score (nSPS) is 10.8. The minimum Gasteiger partial charge on any atom is -0.325 e. The first-order valence-electron chi connectivity index (χ1n) is 5.24. The molecule has 0 aliphatic heterocycles. The molecular formula is C12H14N2O3S. The Kier molecular flexibility index (Phi) is 4.09. The van der Waals surface area contributed by atoms with Crippen LogP contribution in [-0.4, -0.2) is 20.6 Å². The minimum absolute atomic E-state index is 0.181. The highest BCUT2D eigenvalue weighted by Crippen LogP contribution is 2.24. The molecule has 0 saturated heterocycles. The number of nitrogens with one attached hydrogen (secondary N) is 1. The first-order valence-corrected chi connectivity index (χ1v) is 7.13. The molecule has 18 heavy (non-hydrogen) atoms.